The summed E-state index contributed by atoms with van der Waals surface area (Å²) in [5.74, 6) is -1.53. The second kappa shape index (κ2) is 6.79. The van der Waals surface area contributed by atoms with Gasteiger partial charge in [-0.3, -0.25) is 10.9 Å². The molecule has 0 unspecified atom stereocenters. The van der Waals surface area contributed by atoms with Gasteiger partial charge in [-0.1, -0.05) is 0 Å². The molecule has 0 aromatic heterocycles. The lowest BCUT2D eigenvalue weighted by atomic mass is 10.3. The molecule has 0 spiro atoms. The van der Waals surface area contributed by atoms with Crippen LogP contribution in [-0.4, -0.2) is 37.9 Å². The van der Waals surface area contributed by atoms with Crippen molar-refractivity contribution in [2.75, 3.05) is 25.0 Å². The van der Waals surface area contributed by atoms with Gasteiger partial charge in [0, 0.05) is 24.8 Å². The standard InChI is InChI=1S/C12H14F4N4O2/c13-9-3-7(1-2-10(9)22-6-12(14,15)16)19-11(21)20-8-4-17-18-5-8/h1-3,8,17-18H,4-6H2,(H2,19,20,21). The van der Waals surface area contributed by atoms with Crippen LogP contribution in [0.3, 0.4) is 0 Å². The summed E-state index contributed by atoms with van der Waals surface area (Å²) in [6.07, 6.45) is -4.55. The lowest BCUT2D eigenvalue weighted by molar-refractivity contribution is -0.153. The second-order valence-electron chi connectivity index (χ2n) is 4.61. The number of urea groups is 1. The molecule has 2 amide bonds. The third kappa shape index (κ3) is 5.04. The molecule has 0 radical (unpaired) electrons. The Kier molecular flexibility index (Phi) is 5.03. The van der Waals surface area contributed by atoms with E-state index in [4.69, 9.17) is 0 Å². The van der Waals surface area contributed by atoms with Gasteiger partial charge in [0.1, 0.15) is 0 Å². The minimum atomic E-state index is -4.55. The van der Waals surface area contributed by atoms with Crippen molar-refractivity contribution in [1.82, 2.24) is 16.2 Å². The number of hydrazine groups is 1. The quantitative estimate of drug-likeness (QED) is 0.632. The molecule has 1 aromatic carbocycles. The van der Waals surface area contributed by atoms with Crippen LogP contribution in [0.5, 0.6) is 5.75 Å². The van der Waals surface area contributed by atoms with E-state index in [0.29, 0.717) is 13.1 Å². The van der Waals surface area contributed by atoms with Gasteiger partial charge in [0.05, 0.1) is 6.04 Å². The van der Waals surface area contributed by atoms with E-state index in [9.17, 15) is 22.4 Å². The third-order valence-corrected chi connectivity index (χ3v) is 2.74. The Morgan fingerprint density at radius 1 is 1.32 bits per heavy atom. The van der Waals surface area contributed by atoms with Gasteiger partial charge in [-0.15, -0.1) is 0 Å². The molecule has 6 nitrogen and oxygen atoms in total. The number of carbonyl (C=O) groups excluding carboxylic acids is 1. The number of ether oxygens (including phenoxy) is 1. The Labute approximate surface area is 123 Å². The van der Waals surface area contributed by atoms with E-state index in [1.807, 2.05) is 0 Å². The highest BCUT2D eigenvalue weighted by Crippen LogP contribution is 2.23. The van der Waals surface area contributed by atoms with Crippen molar-refractivity contribution < 1.29 is 27.1 Å². The number of hydrogen-bond acceptors (Lipinski definition) is 4. The van der Waals surface area contributed by atoms with Crippen molar-refractivity contribution in [2.45, 2.75) is 12.2 Å². The molecule has 1 heterocycles. The molecular weight excluding hydrogens is 308 g/mol. The lowest BCUT2D eigenvalue weighted by Crippen LogP contribution is -2.40. The maximum Gasteiger partial charge on any atom is 0.422 e. The highest BCUT2D eigenvalue weighted by Gasteiger charge is 2.29. The van der Waals surface area contributed by atoms with Crippen molar-refractivity contribution >= 4 is 11.7 Å². The first kappa shape index (κ1) is 16.3. The monoisotopic (exact) mass is 322 g/mol. The van der Waals surface area contributed by atoms with Crippen LogP contribution >= 0.6 is 0 Å². The maximum atomic E-state index is 13.6. The first-order chi connectivity index (χ1) is 10.3. The summed E-state index contributed by atoms with van der Waals surface area (Å²) < 4.78 is 53.9. The first-order valence-corrected chi connectivity index (χ1v) is 6.36. The van der Waals surface area contributed by atoms with Gasteiger partial charge in [0.25, 0.3) is 0 Å². The van der Waals surface area contributed by atoms with Crippen LogP contribution in [0.25, 0.3) is 0 Å². The van der Waals surface area contributed by atoms with Crippen molar-refractivity contribution in [3.63, 3.8) is 0 Å². The van der Waals surface area contributed by atoms with Gasteiger partial charge >= 0.3 is 12.2 Å². The van der Waals surface area contributed by atoms with E-state index in [0.717, 1.165) is 12.1 Å². The zero-order chi connectivity index (χ0) is 16.2. The topological polar surface area (TPSA) is 74.4 Å². The van der Waals surface area contributed by atoms with Crippen LogP contribution in [0, 0.1) is 5.82 Å². The fraction of sp³-hybridized carbons (Fsp3) is 0.417. The van der Waals surface area contributed by atoms with Crippen molar-refractivity contribution in [2.24, 2.45) is 0 Å². The van der Waals surface area contributed by atoms with E-state index < -0.39 is 30.4 Å². The Morgan fingerprint density at radius 2 is 2.00 bits per heavy atom. The van der Waals surface area contributed by atoms with Crippen LogP contribution in [0.15, 0.2) is 18.2 Å². The molecule has 2 rings (SSSR count). The van der Waals surface area contributed by atoms with Gasteiger partial charge in [-0.2, -0.15) is 13.2 Å². The number of benzene rings is 1. The minimum absolute atomic E-state index is 0.105. The SMILES string of the molecule is O=C(Nc1ccc(OCC(F)(F)F)c(F)c1)NC1CNNC1. The summed E-state index contributed by atoms with van der Waals surface area (Å²) in [6.45, 7) is -0.489. The van der Waals surface area contributed by atoms with Crippen molar-refractivity contribution in [1.29, 1.82) is 0 Å². The smallest absolute Gasteiger partial charge is 0.422 e. The fourth-order valence-corrected chi connectivity index (χ4v) is 1.77. The summed E-state index contributed by atoms with van der Waals surface area (Å²) >= 11 is 0. The van der Waals surface area contributed by atoms with Crippen molar-refractivity contribution in [3.8, 4) is 5.75 Å². The molecule has 1 fully saturated rings. The summed E-state index contributed by atoms with van der Waals surface area (Å²) in [6, 6.07) is 2.50. The van der Waals surface area contributed by atoms with Gasteiger partial charge < -0.3 is 15.4 Å². The number of anilines is 1. The van der Waals surface area contributed by atoms with Gasteiger partial charge in [0.15, 0.2) is 18.2 Å². The molecular formula is C12H14F4N4O2. The molecule has 0 bridgehead atoms. The highest BCUT2D eigenvalue weighted by atomic mass is 19.4. The fourth-order valence-electron chi connectivity index (χ4n) is 1.77. The molecule has 22 heavy (non-hydrogen) atoms. The van der Waals surface area contributed by atoms with E-state index in [2.05, 4.69) is 26.2 Å². The summed E-state index contributed by atoms with van der Waals surface area (Å²) in [4.78, 5) is 11.6. The van der Waals surface area contributed by atoms with Crippen LogP contribution in [0.2, 0.25) is 0 Å². The minimum Gasteiger partial charge on any atom is -0.481 e. The van der Waals surface area contributed by atoms with Gasteiger partial charge in [-0.05, 0) is 12.1 Å². The number of rotatable bonds is 4. The number of nitrogens with one attached hydrogen (secondary N) is 4. The lowest BCUT2D eigenvalue weighted by Gasteiger charge is -2.13. The van der Waals surface area contributed by atoms with Crippen LogP contribution in [0.4, 0.5) is 28.0 Å². The Morgan fingerprint density at radius 3 is 2.59 bits per heavy atom. The number of alkyl halides is 3. The molecule has 1 aliphatic rings. The Bertz CT molecular complexity index is 532. The van der Waals surface area contributed by atoms with Crippen LogP contribution in [-0.2, 0) is 0 Å². The number of carbonyl (C=O) groups is 1. The Balaban J connectivity index is 1.89. The van der Waals surface area contributed by atoms with Crippen LogP contribution in [0.1, 0.15) is 0 Å². The van der Waals surface area contributed by atoms with Crippen molar-refractivity contribution in [3.05, 3.63) is 24.0 Å². The molecule has 4 N–H and O–H groups in total. The molecule has 122 valence electrons. The predicted octanol–water partition coefficient (Wildman–Crippen LogP) is 1.36. The highest BCUT2D eigenvalue weighted by molar-refractivity contribution is 5.89. The van der Waals surface area contributed by atoms with E-state index >= 15 is 0 Å². The summed E-state index contributed by atoms with van der Waals surface area (Å²) in [5, 5.41) is 5.01. The molecule has 1 aliphatic heterocycles. The molecule has 10 heteroatoms. The number of amides is 2. The van der Waals surface area contributed by atoms with Crippen LogP contribution < -0.4 is 26.2 Å². The molecule has 0 aliphatic carbocycles. The van der Waals surface area contributed by atoms with Gasteiger partial charge in [-0.25, -0.2) is 9.18 Å². The normalized spacial score (nSPS) is 15.6. The number of hydrogen-bond donors (Lipinski definition) is 4. The second-order valence-corrected chi connectivity index (χ2v) is 4.61. The van der Waals surface area contributed by atoms with E-state index in [1.54, 1.807) is 0 Å². The maximum absolute atomic E-state index is 13.6. The summed E-state index contributed by atoms with van der Waals surface area (Å²) in [7, 11) is 0. The predicted molar refractivity (Wildman–Crippen MR) is 69.9 cm³/mol. The molecule has 0 atom stereocenters. The molecule has 1 saturated heterocycles. The zero-order valence-corrected chi connectivity index (χ0v) is 11.3. The first-order valence-electron chi connectivity index (χ1n) is 6.36. The number of halogens is 4. The van der Waals surface area contributed by atoms with E-state index in [-0.39, 0.29) is 11.7 Å². The Hall–Kier alpha value is -2.07. The average Bonchev–Trinajstić information content (AvgIpc) is 2.89. The van der Waals surface area contributed by atoms with Gasteiger partial charge in [0.2, 0.25) is 0 Å². The largest absolute Gasteiger partial charge is 0.481 e. The van der Waals surface area contributed by atoms with E-state index in [1.165, 1.54) is 6.07 Å². The summed E-state index contributed by atoms with van der Waals surface area (Å²) in [5.41, 5.74) is 5.75. The molecule has 1 aromatic rings. The third-order valence-electron chi connectivity index (χ3n) is 2.74. The zero-order valence-electron chi connectivity index (χ0n) is 11.3. The molecule has 0 saturated carbocycles. The average molecular weight is 322 g/mol.